The molecule has 14 heavy (non-hydrogen) atoms. The van der Waals surface area contributed by atoms with Crippen LogP contribution in [0.3, 0.4) is 0 Å². The minimum Gasteiger partial charge on any atom is -0.341 e. The van der Waals surface area contributed by atoms with Gasteiger partial charge in [0.25, 0.3) is 0 Å². The number of rotatable bonds is 1. The number of hydrogen-bond acceptors (Lipinski definition) is 4. The van der Waals surface area contributed by atoms with E-state index in [1.165, 1.54) is 6.33 Å². The second-order valence-electron chi connectivity index (χ2n) is 2.97. The van der Waals surface area contributed by atoms with Gasteiger partial charge in [0.05, 0.1) is 0 Å². The van der Waals surface area contributed by atoms with Gasteiger partial charge < -0.3 is 4.98 Å². The minimum absolute atomic E-state index is 0.590. The Morgan fingerprint density at radius 1 is 1.29 bits per heavy atom. The third kappa shape index (κ3) is 1.44. The molecule has 0 atom stereocenters. The van der Waals surface area contributed by atoms with Gasteiger partial charge in [0.1, 0.15) is 11.0 Å². The number of hydrogen-bond donors (Lipinski definition) is 2. The lowest BCUT2D eigenvalue weighted by Gasteiger charge is -2.02. The fourth-order valence-electron chi connectivity index (χ4n) is 1.08. The van der Waals surface area contributed by atoms with Crippen LogP contribution in [0, 0.1) is 18.5 Å². The van der Waals surface area contributed by atoms with Crippen molar-refractivity contribution in [1.29, 1.82) is 0 Å². The van der Waals surface area contributed by atoms with Gasteiger partial charge in [-0.2, -0.15) is 5.10 Å². The van der Waals surface area contributed by atoms with Gasteiger partial charge in [-0.3, -0.25) is 5.10 Å². The summed E-state index contributed by atoms with van der Waals surface area (Å²) in [6, 6.07) is 0. The van der Waals surface area contributed by atoms with E-state index in [2.05, 4.69) is 25.1 Å². The highest BCUT2D eigenvalue weighted by molar-refractivity contribution is 7.71. The maximum Gasteiger partial charge on any atom is 0.191 e. The Hall–Kier alpha value is -1.56. The third-order valence-corrected chi connectivity index (χ3v) is 2.44. The summed E-state index contributed by atoms with van der Waals surface area (Å²) < 4.78 is 0.590. The molecule has 0 saturated heterocycles. The molecule has 0 aliphatic rings. The molecular weight excluding hydrogens is 198 g/mol. The fourth-order valence-corrected chi connectivity index (χ4v) is 1.32. The van der Waals surface area contributed by atoms with Crippen molar-refractivity contribution in [3.05, 3.63) is 22.2 Å². The number of aromatic nitrogens is 5. The molecule has 0 saturated carbocycles. The molecule has 0 unspecified atom stereocenters. The number of aromatic amines is 2. The van der Waals surface area contributed by atoms with Crippen molar-refractivity contribution in [1.82, 2.24) is 25.1 Å². The number of H-pyrrole nitrogens is 2. The summed E-state index contributed by atoms with van der Waals surface area (Å²) in [6.45, 7) is 3.89. The summed E-state index contributed by atoms with van der Waals surface area (Å²) in [6.07, 6.45) is 1.43. The summed E-state index contributed by atoms with van der Waals surface area (Å²) in [5.41, 5.74) is 1.99. The molecule has 0 amide bonds. The van der Waals surface area contributed by atoms with Gasteiger partial charge in [0.15, 0.2) is 11.6 Å². The van der Waals surface area contributed by atoms with Crippen LogP contribution in [0.5, 0.6) is 0 Å². The lowest BCUT2D eigenvalue weighted by molar-refractivity contribution is 1.01. The first kappa shape index (κ1) is 9.01. The first-order chi connectivity index (χ1) is 6.68. The van der Waals surface area contributed by atoms with E-state index in [9.17, 15) is 0 Å². The Morgan fingerprint density at radius 3 is 2.64 bits per heavy atom. The molecular formula is C8H9N5S. The Labute approximate surface area is 85.6 Å². The predicted octanol–water partition coefficient (Wildman–Crippen LogP) is 1.54. The SMILES string of the molecule is Cc1[nH]c(-c2ncn[nH]2)nc(=S)c1C. The number of nitrogens with zero attached hydrogens (tertiary/aromatic N) is 3. The maximum absolute atomic E-state index is 5.11. The van der Waals surface area contributed by atoms with Crippen molar-refractivity contribution in [2.24, 2.45) is 0 Å². The fraction of sp³-hybridized carbons (Fsp3) is 0.250. The van der Waals surface area contributed by atoms with Crippen molar-refractivity contribution in [2.45, 2.75) is 13.8 Å². The van der Waals surface area contributed by atoms with Gasteiger partial charge in [0, 0.05) is 11.3 Å². The monoisotopic (exact) mass is 207 g/mol. The van der Waals surface area contributed by atoms with Gasteiger partial charge in [-0.05, 0) is 13.8 Å². The molecule has 72 valence electrons. The van der Waals surface area contributed by atoms with Crippen molar-refractivity contribution < 1.29 is 0 Å². The summed E-state index contributed by atoms with van der Waals surface area (Å²) in [5, 5.41) is 6.48. The van der Waals surface area contributed by atoms with E-state index in [-0.39, 0.29) is 0 Å². The highest BCUT2D eigenvalue weighted by Gasteiger charge is 2.05. The Kier molecular flexibility index (Phi) is 2.12. The zero-order valence-corrected chi connectivity index (χ0v) is 8.64. The molecule has 6 heteroatoms. The highest BCUT2D eigenvalue weighted by Crippen LogP contribution is 2.11. The van der Waals surface area contributed by atoms with Gasteiger partial charge >= 0.3 is 0 Å². The average Bonchev–Trinajstić information content (AvgIpc) is 2.66. The summed E-state index contributed by atoms with van der Waals surface area (Å²) >= 11 is 5.11. The van der Waals surface area contributed by atoms with Crippen LogP contribution in [0.4, 0.5) is 0 Å². The zero-order chi connectivity index (χ0) is 10.1. The summed E-state index contributed by atoms with van der Waals surface area (Å²) in [5.74, 6) is 1.22. The Balaban J connectivity index is 2.63. The van der Waals surface area contributed by atoms with Crippen LogP contribution in [-0.4, -0.2) is 25.1 Å². The van der Waals surface area contributed by atoms with Crippen LogP contribution in [-0.2, 0) is 0 Å². The first-order valence-corrected chi connectivity index (χ1v) is 4.52. The van der Waals surface area contributed by atoms with Crippen molar-refractivity contribution in [3.8, 4) is 11.6 Å². The third-order valence-electron chi connectivity index (χ3n) is 2.04. The highest BCUT2D eigenvalue weighted by atomic mass is 32.1. The largest absolute Gasteiger partial charge is 0.341 e. The smallest absolute Gasteiger partial charge is 0.191 e. The molecule has 2 aromatic rings. The lowest BCUT2D eigenvalue weighted by atomic mass is 10.3. The van der Waals surface area contributed by atoms with E-state index in [0.29, 0.717) is 16.3 Å². The van der Waals surface area contributed by atoms with Crippen LogP contribution in [0.25, 0.3) is 11.6 Å². The van der Waals surface area contributed by atoms with E-state index >= 15 is 0 Å². The summed E-state index contributed by atoms with van der Waals surface area (Å²) in [7, 11) is 0. The van der Waals surface area contributed by atoms with Gasteiger partial charge in [-0.25, -0.2) is 9.97 Å². The second-order valence-corrected chi connectivity index (χ2v) is 3.36. The van der Waals surface area contributed by atoms with Gasteiger partial charge in [0.2, 0.25) is 0 Å². The molecule has 2 heterocycles. The molecule has 5 nitrogen and oxygen atoms in total. The first-order valence-electron chi connectivity index (χ1n) is 4.11. The minimum atomic E-state index is 0.590. The molecule has 2 aromatic heterocycles. The second kappa shape index (κ2) is 3.30. The predicted molar refractivity (Wildman–Crippen MR) is 54.3 cm³/mol. The molecule has 0 aromatic carbocycles. The quantitative estimate of drug-likeness (QED) is 0.696. The number of aryl methyl sites for hydroxylation is 1. The van der Waals surface area contributed by atoms with Gasteiger partial charge in [-0.1, -0.05) is 12.2 Å². The Morgan fingerprint density at radius 2 is 2.07 bits per heavy atom. The molecule has 0 spiro atoms. The van der Waals surface area contributed by atoms with Crippen LogP contribution >= 0.6 is 12.2 Å². The van der Waals surface area contributed by atoms with E-state index in [1.54, 1.807) is 0 Å². The van der Waals surface area contributed by atoms with Crippen LogP contribution in [0.15, 0.2) is 6.33 Å². The molecule has 0 aliphatic heterocycles. The topological polar surface area (TPSA) is 70.2 Å². The molecule has 0 bridgehead atoms. The van der Waals surface area contributed by atoms with Crippen molar-refractivity contribution in [2.75, 3.05) is 0 Å². The van der Waals surface area contributed by atoms with E-state index in [4.69, 9.17) is 12.2 Å². The molecule has 0 fully saturated rings. The standard InChI is InChI=1S/C8H9N5S/c1-4-5(2)11-7(12-8(4)14)6-9-3-10-13-6/h3H,1-2H3,(H,9,10,13)(H,11,12,14). The van der Waals surface area contributed by atoms with Gasteiger partial charge in [-0.15, -0.1) is 0 Å². The van der Waals surface area contributed by atoms with Crippen LogP contribution in [0.1, 0.15) is 11.3 Å². The summed E-state index contributed by atoms with van der Waals surface area (Å²) in [4.78, 5) is 11.3. The Bertz CT molecular complexity index is 499. The van der Waals surface area contributed by atoms with E-state index < -0.39 is 0 Å². The average molecular weight is 207 g/mol. The molecule has 0 aliphatic carbocycles. The van der Waals surface area contributed by atoms with E-state index in [0.717, 1.165) is 11.3 Å². The molecule has 2 rings (SSSR count). The molecule has 0 radical (unpaired) electrons. The normalized spacial score (nSPS) is 10.4. The lowest BCUT2D eigenvalue weighted by Crippen LogP contribution is -1.97. The maximum atomic E-state index is 5.11. The van der Waals surface area contributed by atoms with Crippen molar-refractivity contribution >= 4 is 12.2 Å². The van der Waals surface area contributed by atoms with E-state index in [1.807, 2.05) is 13.8 Å². The zero-order valence-electron chi connectivity index (χ0n) is 7.83. The number of nitrogens with one attached hydrogen (secondary N) is 2. The molecule has 2 N–H and O–H groups in total. The van der Waals surface area contributed by atoms with Crippen molar-refractivity contribution in [3.63, 3.8) is 0 Å². The van der Waals surface area contributed by atoms with Crippen LogP contribution < -0.4 is 0 Å². The van der Waals surface area contributed by atoms with Crippen LogP contribution in [0.2, 0.25) is 0 Å².